The summed E-state index contributed by atoms with van der Waals surface area (Å²) in [5.41, 5.74) is 0. The molecule has 0 amide bonds. The second-order valence-corrected chi connectivity index (χ2v) is 5.53. The van der Waals surface area contributed by atoms with Crippen molar-refractivity contribution in [2.45, 2.75) is 53.9 Å². The van der Waals surface area contributed by atoms with Crippen LogP contribution in [0.25, 0.3) is 0 Å². The smallest absolute Gasteiger partial charge is 0.0355 e. The third-order valence-corrected chi connectivity index (χ3v) is 3.92. The maximum Gasteiger partial charge on any atom is -0.0355 e. The molecule has 1 saturated carbocycles. The minimum absolute atomic E-state index is 0.872. The molecule has 0 spiro atoms. The van der Waals surface area contributed by atoms with E-state index >= 15 is 0 Å². The predicted octanol–water partition coefficient (Wildman–Crippen LogP) is 4.35. The highest BCUT2D eigenvalue weighted by atomic mass is 14.5. The van der Waals surface area contributed by atoms with Crippen molar-refractivity contribution in [3.63, 3.8) is 0 Å². The first-order chi connectivity index (χ1) is 6.06. The number of rotatable bonds is 5. The molecule has 13 heavy (non-hydrogen) atoms. The Morgan fingerprint density at radius 2 is 1.77 bits per heavy atom. The topological polar surface area (TPSA) is 0 Å². The van der Waals surface area contributed by atoms with Gasteiger partial charge in [0.1, 0.15) is 0 Å². The molecule has 1 rings (SSSR count). The van der Waals surface area contributed by atoms with Crippen LogP contribution in [-0.4, -0.2) is 0 Å². The average Bonchev–Trinajstić information content (AvgIpc) is 2.80. The molecule has 0 heteroatoms. The lowest BCUT2D eigenvalue weighted by molar-refractivity contribution is 0.283. The fourth-order valence-corrected chi connectivity index (χ4v) is 2.76. The van der Waals surface area contributed by atoms with Crippen LogP contribution in [0, 0.1) is 29.6 Å². The first-order valence-electron chi connectivity index (χ1n) is 6.06. The fraction of sp³-hybridized carbons (Fsp3) is 1.00. The molecular weight excluding hydrogens is 156 g/mol. The summed E-state index contributed by atoms with van der Waals surface area (Å²) in [6, 6.07) is 0. The van der Waals surface area contributed by atoms with Crippen molar-refractivity contribution >= 4 is 0 Å². The maximum atomic E-state index is 2.47. The summed E-state index contributed by atoms with van der Waals surface area (Å²) in [5, 5.41) is 0. The van der Waals surface area contributed by atoms with E-state index in [4.69, 9.17) is 0 Å². The Hall–Kier alpha value is 0. The van der Waals surface area contributed by atoms with Crippen molar-refractivity contribution in [2.75, 3.05) is 0 Å². The van der Waals surface area contributed by atoms with Gasteiger partial charge in [0.2, 0.25) is 0 Å². The highest BCUT2D eigenvalue weighted by molar-refractivity contribution is 4.90. The summed E-state index contributed by atoms with van der Waals surface area (Å²) >= 11 is 0. The van der Waals surface area contributed by atoms with Crippen LogP contribution in [0.15, 0.2) is 0 Å². The summed E-state index contributed by atoms with van der Waals surface area (Å²) < 4.78 is 0. The normalized spacial score (nSPS) is 31.8. The first-order valence-corrected chi connectivity index (χ1v) is 6.06. The van der Waals surface area contributed by atoms with Gasteiger partial charge in [-0.15, -0.1) is 0 Å². The van der Waals surface area contributed by atoms with E-state index in [1.165, 1.54) is 19.3 Å². The minimum atomic E-state index is 0.872. The van der Waals surface area contributed by atoms with E-state index in [-0.39, 0.29) is 0 Å². The Morgan fingerprint density at radius 3 is 2.15 bits per heavy atom. The van der Waals surface area contributed by atoms with Gasteiger partial charge in [-0.2, -0.15) is 0 Å². The van der Waals surface area contributed by atoms with Gasteiger partial charge in [-0.25, -0.2) is 0 Å². The van der Waals surface area contributed by atoms with Crippen molar-refractivity contribution in [1.82, 2.24) is 0 Å². The van der Waals surface area contributed by atoms with Gasteiger partial charge < -0.3 is 0 Å². The molecule has 4 atom stereocenters. The van der Waals surface area contributed by atoms with E-state index in [2.05, 4.69) is 34.6 Å². The van der Waals surface area contributed by atoms with Crippen molar-refractivity contribution in [3.05, 3.63) is 0 Å². The van der Waals surface area contributed by atoms with Crippen molar-refractivity contribution < 1.29 is 0 Å². The SMILES string of the molecule is CCC1CC1C(C)C(C)CC(C)C. The first kappa shape index (κ1) is 11.1. The van der Waals surface area contributed by atoms with Gasteiger partial charge >= 0.3 is 0 Å². The van der Waals surface area contributed by atoms with Crippen LogP contribution < -0.4 is 0 Å². The van der Waals surface area contributed by atoms with Crippen LogP contribution in [0.1, 0.15) is 53.9 Å². The molecule has 1 aliphatic carbocycles. The van der Waals surface area contributed by atoms with Crippen molar-refractivity contribution in [3.8, 4) is 0 Å². The van der Waals surface area contributed by atoms with Gasteiger partial charge in [0.25, 0.3) is 0 Å². The zero-order valence-electron chi connectivity index (χ0n) is 10.0. The molecule has 0 aromatic rings. The molecule has 0 saturated heterocycles. The lowest BCUT2D eigenvalue weighted by Crippen LogP contribution is -2.13. The molecule has 1 aliphatic rings. The molecule has 0 radical (unpaired) electrons. The average molecular weight is 182 g/mol. The Bertz CT molecular complexity index is 148. The fourth-order valence-electron chi connectivity index (χ4n) is 2.76. The monoisotopic (exact) mass is 182 g/mol. The Balaban J connectivity index is 2.27. The van der Waals surface area contributed by atoms with Gasteiger partial charge in [-0.05, 0) is 42.4 Å². The largest absolute Gasteiger partial charge is 0.0651 e. The summed E-state index contributed by atoms with van der Waals surface area (Å²) in [5.74, 6) is 4.91. The van der Waals surface area contributed by atoms with E-state index in [0.29, 0.717) is 0 Å². The van der Waals surface area contributed by atoms with Crippen LogP contribution >= 0.6 is 0 Å². The highest BCUT2D eigenvalue weighted by Crippen LogP contribution is 2.49. The summed E-state index contributed by atoms with van der Waals surface area (Å²) in [7, 11) is 0. The summed E-state index contributed by atoms with van der Waals surface area (Å²) in [6.45, 7) is 11.9. The Kier molecular flexibility index (Phi) is 3.82. The van der Waals surface area contributed by atoms with Gasteiger partial charge in [-0.3, -0.25) is 0 Å². The van der Waals surface area contributed by atoms with Gasteiger partial charge in [0.05, 0.1) is 0 Å². The van der Waals surface area contributed by atoms with E-state index in [0.717, 1.165) is 29.6 Å². The lowest BCUT2D eigenvalue weighted by atomic mass is 9.84. The summed E-state index contributed by atoms with van der Waals surface area (Å²) in [4.78, 5) is 0. The molecule has 0 nitrogen and oxygen atoms in total. The molecule has 0 N–H and O–H groups in total. The van der Waals surface area contributed by atoms with E-state index in [1.54, 1.807) is 0 Å². The standard InChI is InChI=1S/C13H26/c1-6-12-8-13(12)11(5)10(4)7-9(2)3/h9-13H,6-8H2,1-5H3. The number of hydrogen-bond donors (Lipinski definition) is 0. The lowest BCUT2D eigenvalue weighted by Gasteiger charge is -2.21. The van der Waals surface area contributed by atoms with E-state index < -0.39 is 0 Å². The van der Waals surface area contributed by atoms with Crippen molar-refractivity contribution in [1.29, 1.82) is 0 Å². The second kappa shape index (κ2) is 4.48. The second-order valence-electron chi connectivity index (χ2n) is 5.53. The van der Waals surface area contributed by atoms with Gasteiger partial charge in [0, 0.05) is 0 Å². The molecule has 0 aromatic carbocycles. The zero-order chi connectivity index (χ0) is 10.0. The molecule has 78 valence electrons. The molecule has 0 aromatic heterocycles. The van der Waals surface area contributed by atoms with E-state index in [9.17, 15) is 0 Å². The molecule has 4 unspecified atom stereocenters. The zero-order valence-corrected chi connectivity index (χ0v) is 10.0. The van der Waals surface area contributed by atoms with Gasteiger partial charge in [0.15, 0.2) is 0 Å². The van der Waals surface area contributed by atoms with Crippen LogP contribution in [0.3, 0.4) is 0 Å². The molecular formula is C13H26. The molecule has 0 heterocycles. The van der Waals surface area contributed by atoms with Gasteiger partial charge in [-0.1, -0.05) is 41.0 Å². The minimum Gasteiger partial charge on any atom is -0.0651 e. The quantitative estimate of drug-likeness (QED) is 0.593. The van der Waals surface area contributed by atoms with Crippen LogP contribution in [0.5, 0.6) is 0 Å². The summed E-state index contributed by atoms with van der Waals surface area (Å²) in [6.07, 6.45) is 4.33. The molecule has 1 fully saturated rings. The maximum absolute atomic E-state index is 2.47. The number of hydrogen-bond acceptors (Lipinski definition) is 0. The Morgan fingerprint density at radius 1 is 1.15 bits per heavy atom. The van der Waals surface area contributed by atoms with Crippen LogP contribution in [0.2, 0.25) is 0 Å². The highest BCUT2D eigenvalue weighted by Gasteiger charge is 2.40. The van der Waals surface area contributed by atoms with Crippen LogP contribution in [0.4, 0.5) is 0 Å². The Labute approximate surface area is 84.1 Å². The van der Waals surface area contributed by atoms with Crippen molar-refractivity contribution in [2.24, 2.45) is 29.6 Å². The molecule has 0 aliphatic heterocycles. The van der Waals surface area contributed by atoms with Crippen LogP contribution in [-0.2, 0) is 0 Å². The predicted molar refractivity (Wildman–Crippen MR) is 59.7 cm³/mol. The third kappa shape index (κ3) is 3.00. The molecule has 0 bridgehead atoms. The third-order valence-electron chi connectivity index (χ3n) is 3.92. The van der Waals surface area contributed by atoms with E-state index in [1.807, 2.05) is 0 Å².